The predicted octanol–water partition coefficient (Wildman–Crippen LogP) is 2.39. The van der Waals surface area contributed by atoms with E-state index in [2.05, 4.69) is 10.3 Å². The molecule has 138 valence electrons. The lowest BCUT2D eigenvalue weighted by Gasteiger charge is -2.20. The number of hydrogen-bond acceptors (Lipinski definition) is 4. The summed E-state index contributed by atoms with van der Waals surface area (Å²) in [6, 6.07) is 9.29. The molecular formula is C18H13F3N4O2. The first-order valence-electron chi connectivity index (χ1n) is 7.68. The van der Waals surface area contributed by atoms with Gasteiger partial charge in [-0.05, 0) is 35.4 Å². The van der Waals surface area contributed by atoms with E-state index in [1.807, 2.05) is 0 Å². The number of nitrogens with zero attached hydrogens (tertiary/aromatic N) is 3. The van der Waals surface area contributed by atoms with Crippen molar-refractivity contribution >= 4 is 5.84 Å². The molecule has 3 N–H and O–H groups in total. The molecule has 0 spiro atoms. The van der Waals surface area contributed by atoms with Gasteiger partial charge in [0.25, 0.3) is 5.56 Å². The monoisotopic (exact) mass is 374 g/mol. The van der Waals surface area contributed by atoms with Crippen LogP contribution in [0.25, 0.3) is 0 Å². The molecule has 1 unspecified atom stereocenters. The molecule has 0 saturated carbocycles. The minimum atomic E-state index is -1.61. The minimum Gasteiger partial charge on any atom is -0.409 e. The zero-order chi connectivity index (χ0) is 19.6. The maximum atomic E-state index is 13.8. The first-order valence-corrected chi connectivity index (χ1v) is 7.68. The summed E-state index contributed by atoms with van der Waals surface area (Å²) in [6.07, 6.45) is 1.33. The second-order valence-electron chi connectivity index (χ2n) is 5.62. The van der Waals surface area contributed by atoms with E-state index in [1.165, 1.54) is 24.4 Å². The van der Waals surface area contributed by atoms with Crippen molar-refractivity contribution in [3.05, 3.63) is 99.2 Å². The van der Waals surface area contributed by atoms with Crippen molar-refractivity contribution in [2.75, 3.05) is 0 Å². The summed E-state index contributed by atoms with van der Waals surface area (Å²) in [5, 5.41) is 15.7. The fourth-order valence-electron chi connectivity index (χ4n) is 2.70. The molecule has 0 bridgehead atoms. The molecule has 3 aromatic rings. The van der Waals surface area contributed by atoms with Crippen LogP contribution >= 0.6 is 0 Å². The molecule has 3 rings (SSSR count). The molecule has 1 heterocycles. The Morgan fingerprint density at radius 2 is 1.78 bits per heavy atom. The average molecular weight is 374 g/mol. The van der Waals surface area contributed by atoms with Gasteiger partial charge in [0.2, 0.25) is 0 Å². The maximum absolute atomic E-state index is 13.8. The number of rotatable bonds is 4. The van der Waals surface area contributed by atoms with Crippen LogP contribution < -0.4 is 11.3 Å². The number of benzene rings is 2. The van der Waals surface area contributed by atoms with Gasteiger partial charge in [-0.25, -0.2) is 17.9 Å². The Balaban J connectivity index is 2.27. The van der Waals surface area contributed by atoms with Gasteiger partial charge in [-0.1, -0.05) is 23.4 Å². The van der Waals surface area contributed by atoms with E-state index in [9.17, 15) is 18.0 Å². The Morgan fingerprint density at radius 3 is 2.41 bits per heavy atom. The minimum absolute atomic E-state index is 0.0381. The van der Waals surface area contributed by atoms with Crippen molar-refractivity contribution in [3.8, 4) is 0 Å². The van der Waals surface area contributed by atoms with Gasteiger partial charge in [0, 0.05) is 17.8 Å². The third kappa shape index (κ3) is 3.52. The molecule has 0 saturated heterocycles. The fourth-order valence-corrected chi connectivity index (χ4v) is 2.70. The molecule has 0 fully saturated rings. The van der Waals surface area contributed by atoms with Crippen molar-refractivity contribution in [2.24, 2.45) is 10.9 Å². The summed E-state index contributed by atoms with van der Waals surface area (Å²) in [4.78, 5) is 12.3. The molecule has 6 nitrogen and oxygen atoms in total. The van der Waals surface area contributed by atoms with Gasteiger partial charge in [0.15, 0.2) is 23.3 Å². The molecule has 27 heavy (non-hydrogen) atoms. The van der Waals surface area contributed by atoms with E-state index in [4.69, 9.17) is 10.9 Å². The molecule has 0 aliphatic heterocycles. The van der Waals surface area contributed by atoms with E-state index in [1.54, 1.807) is 18.2 Å². The summed E-state index contributed by atoms with van der Waals surface area (Å²) in [7, 11) is 0. The fraction of sp³-hybridized carbons (Fsp3) is 0.0556. The smallest absolute Gasteiger partial charge is 0.267 e. The first kappa shape index (κ1) is 18.2. The Hall–Kier alpha value is -3.62. The van der Waals surface area contributed by atoms with Crippen LogP contribution in [0.15, 0.2) is 64.7 Å². The average Bonchev–Trinajstić information content (AvgIpc) is 2.67. The summed E-state index contributed by atoms with van der Waals surface area (Å²) in [6.45, 7) is 0. The van der Waals surface area contributed by atoms with Gasteiger partial charge < -0.3 is 10.9 Å². The van der Waals surface area contributed by atoms with Crippen LogP contribution in [0.1, 0.15) is 22.7 Å². The van der Waals surface area contributed by atoms with Gasteiger partial charge in [0.05, 0.1) is 0 Å². The van der Waals surface area contributed by atoms with Crippen LogP contribution in [-0.2, 0) is 0 Å². The van der Waals surface area contributed by atoms with Crippen LogP contribution in [0, 0.1) is 17.5 Å². The van der Waals surface area contributed by atoms with Crippen LogP contribution in [0.3, 0.4) is 0 Å². The van der Waals surface area contributed by atoms with Crippen LogP contribution in [0.5, 0.6) is 0 Å². The summed E-state index contributed by atoms with van der Waals surface area (Å²) in [5.74, 6) is -4.60. The Labute approximate surface area is 151 Å². The molecule has 1 aromatic heterocycles. The number of halogens is 3. The quantitative estimate of drug-likeness (QED) is 0.241. The number of amidine groups is 1. The molecule has 2 aromatic carbocycles. The van der Waals surface area contributed by atoms with Crippen molar-refractivity contribution in [3.63, 3.8) is 0 Å². The second kappa shape index (κ2) is 7.32. The number of oxime groups is 1. The molecule has 0 radical (unpaired) electrons. The third-order valence-electron chi connectivity index (χ3n) is 3.91. The summed E-state index contributed by atoms with van der Waals surface area (Å²) < 4.78 is 42.0. The standard InChI is InChI=1S/C18H13F3N4O2/c19-13-8-12(9-14(20)16(13)21)17(25-15(26)5-2-6-23-25)10-3-1-4-11(7-10)18(22)24-27/h1-9,17,27H,(H2,22,24). The van der Waals surface area contributed by atoms with E-state index in [0.29, 0.717) is 11.1 Å². The highest BCUT2D eigenvalue weighted by molar-refractivity contribution is 5.97. The SMILES string of the molecule is N/C(=N\O)c1cccc(C(c2cc(F)c(F)c(F)c2)n2ncccc2=O)c1. The highest BCUT2D eigenvalue weighted by Crippen LogP contribution is 2.28. The molecular weight excluding hydrogens is 361 g/mol. The van der Waals surface area contributed by atoms with E-state index >= 15 is 0 Å². The van der Waals surface area contributed by atoms with Gasteiger partial charge in [0.1, 0.15) is 6.04 Å². The number of nitrogens with two attached hydrogens (primary N) is 1. The zero-order valence-corrected chi connectivity index (χ0v) is 13.7. The van der Waals surface area contributed by atoms with E-state index < -0.39 is 29.1 Å². The van der Waals surface area contributed by atoms with Gasteiger partial charge in [-0.3, -0.25) is 4.79 Å². The normalized spacial score (nSPS) is 12.8. The Morgan fingerprint density at radius 1 is 1.07 bits per heavy atom. The van der Waals surface area contributed by atoms with Gasteiger partial charge in [-0.2, -0.15) is 5.10 Å². The zero-order valence-electron chi connectivity index (χ0n) is 13.7. The lowest BCUT2D eigenvalue weighted by Crippen LogP contribution is -2.28. The lowest BCUT2D eigenvalue weighted by atomic mass is 9.96. The summed E-state index contributed by atoms with van der Waals surface area (Å²) in [5.41, 5.74) is 5.68. The van der Waals surface area contributed by atoms with Crippen LogP contribution in [0.4, 0.5) is 13.2 Å². The van der Waals surface area contributed by atoms with Crippen molar-refractivity contribution < 1.29 is 18.4 Å². The second-order valence-corrected chi connectivity index (χ2v) is 5.62. The van der Waals surface area contributed by atoms with Crippen molar-refractivity contribution in [2.45, 2.75) is 6.04 Å². The van der Waals surface area contributed by atoms with Crippen LogP contribution in [-0.4, -0.2) is 20.8 Å². The molecule has 9 heteroatoms. The molecule has 0 aliphatic rings. The van der Waals surface area contributed by atoms with E-state index in [0.717, 1.165) is 16.8 Å². The topological polar surface area (TPSA) is 93.5 Å². The highest BCUT2D eigenvalue weighted by Gasteiger charge is 2.23. The molecule has 1 atom stereocenters. The molecule has 0 aliphatic carbocycles. The lowest BCUT2D eigenvalue weighted by molar-refractivity contribution is 0.318. The number of aromatic nitrogens is 2. The van der Waals surface area contributed by atoms with Gasteiger partial charge in [-0.15, -0.1) is 0 Å². The van der Waals surface area contributed by atoms with Crippen molar-refractivity contribution in [1.82, 2.24) is 9.78 Å². The van der Waals surface area contributed by atoms with Gasteiger partial charge >= 0.3 is 0 Å². The predicted molar refractivity (Wildman–Crippen MR) is 91.0 cm³/mol. The molecule has 0 amide bonds. The maximum Gasteiger partial charge on any atom is 0.267 e. The largest absolute Gasteiger partial charge is 0.409 e. The number of hydrogen-bond donors (Lipinski definition) is 2. The third-order valence-corrected chi connectivity index (χ3v) is 3.91. The Kier molecular flexibility index (Phi) is 4.93. The summed E-state index contributed by atoms with van der Waals surface area (Å²) >= 11 is 0. The van der Waals surface area contributed by atoms with Crippen molar-refractivity contribution in [1.29, 1.82) is 0 Å². The highest BCUT2D eigenvalue weighted by atomic mass is 19.2. The Bertz CT molecular complexity index is 1060. The van der Waals surface area contributed by atoms with E-state index in [-0.39, 0.29) is 11.4 Å². The first-order chi connectivity index (χ1) is 12.9. The van der Waals surface area contributed by atoms with Crippen LogP contribution in [0.2, 0.25) is 0 Å².